The Morgan fingerprint density at radius 2 is 0.775 bits per heavy atom. The van der Waals surface area contributed by atoms with E-state index in [-0.39, 0.29) is 142 Å². The third-order valence-electron chi connectivity index (χ3n) is 31.2. The molecular formula is C101H150O35S2. The molecule has 22 unspecified atom stereocenters. The molecule has 776 valence electrons. The predicted molar refractivity (Wildman–Crippen MR) is 496 cm³/mol. The number of rotatable bonds is 25. The summed E-state index contributed by atoms with van der Waals surface area (Å²) in [4.78, 5) is 151. The fourth-order valence-electron chi connectivity index (χ4n) is 24.5. The van der Waals surface area contributed by atoms with Crippen LogP contribution in [0.5, 0.6) is 0 Å². The number of fused-ring (bicyclic) bond motifs is 4. The number of hydrogen-bond acceptors (Lipinski definition) is 35. The Hall–Kier alpha value is -8.49. The number of carbonyl (C=O) groups excluding carboxylic acids is 13. The van der Waals surface area contributed by atoms with E-state index in [1.54, 1.807) is 48.5 Å². The highest BCUT2D eigenvalue weighted by atomic mass is 32.2. The molecule has 0 aromatic heterocycles. The van der Waals surface area contributed by atoms with E-state index in [1.807, 2.05) is 20.8 Å². The van der Waals surface area contributed by atoms with E-state index in [0.29, 0.717) is 104 Å². The van der Waals surface area contributed by atoms with Crippen molar-refractivity contribution >= 4 is 97.8 Å². The maximum atomic E-state index is 12.1. The largest absolute Gasteiger partial charge is 0.457 e. The Kier molecular flexibility index (Phi) is 35.9. The maximum Gasteiger partial charge on any atom is 0.344 e. The van der Waals surface area contributed by atoms with Gasteiger partial charge in [0.05, 0.1) is 51.0 Å². The quantitative estimate of drug-likeness (QED) is 0.0384. The summed E-state index contributed by atoms with van der Waals surface area (Å²) in [5.41, 5.74) is -0.797. The lowest BCUT2D eigenvalue weighted by atomic mass is 9.47. The zero-order chi connectivity index (χ0) is 98.1. The van der Waals surface area contributed by atoms with Gasteiger partial charge in [-0.2, -0.15) is 16.8 Å². The first-order chi connectivity index (χ1) is 62.6. The lowest BCUT2D eigenvalue weighted by Crippen LogP contribution is -2.62. The molecule has 21 aliphatic rings. The third kappa shape index (κ3) is 24.0. The van der Waals surface area contributed by atoms with E-state index in [2.05, 4.69) is 46.7 Å². The van der Waals surface area contributed by atoms with E-state index in [9.17, 15) is 84.3 Å². The van der Waals surface area contributed by atoms with Gasteiger partial charge >= 0.3 is 77.6 Å². The number of aliphatic hydroxyl groups is 1. The highest BCUT2D eigenvalue weighted by molar-refractivity contribution is 7.88. The van der Waals surface area contributed by atoms with Gasteiger partial charge in [-0.1, -0.05) is 90.3 Å². The Labute approximate surface area is 812 Å². The normalized spacial score (nSPS) is 36.5. The van der Waals surface area contributed by atoms with Crippen LogP contribution >= 0.6 is 0 Å². The van der Waals surface area contributed by atoms with Gasteiger partial charge in [-0.25, -0.2) is 43.2 Å². The second-order valence-electron chi connectivity index (χ2n) is 42.7. The number of hydrogen-bond donors (Lipinski definition) is 1. The van der Waals surface area contributed by atoms with Crippen molar-refractivity contribution in [1.29, 1.82) is 0 Å². The third-order valence-corrected chi connectivity index (χ3v) is 34.8. The molecule has 35 nitrogen and oxygen atoms in total. The lowest BCUT2D eigenvalue weighted by Gasteiger charge is -2.61. The van der Waals surface area contributed by atoms with Gasteiger partial charge in [0, 0.05) is 58.0 Å². The van der Waals surface area contributed by atoms with Gasteiger partial charge in [-0.3, -0.25) is 27.5 Å². The van der Waals surface area contributed by atoms with E-state index >= 15 is 0 Å². The molecule has 22 atom stereocenters. The van der Waals surface area contributed by atoms with Crippen LogP contribution in [0.1, 0.15) is 274 Å². The minimum absolute atomic E-state index is 0. The predicted octanol–water partition coefficient (Wildman–Crippen LogP) is 12.6. The molecule has 8 heterocycles. The van der Waals surface area contributed by atoms with Gasteiger partial charge in [-0.15, -0.1) is 0 Å². The van der Waals surface area contributed by atoms with Crippen molar-refractivity contribution in [2.45, 2.75) is 380 Å². The van der Waals surface area contributed by atoms with Gasteiger partial charge in [0.2, 0.25) is 0 Å². The van der Waals surface area contributed by atoms with Crippen molar-refractivity contribution in [1.82, 2.24) is 0 Å². The van der Waals surface area contributed by atoms with E-state index in [0.717, 1.165) is 50.4 Å². The zero-order valence-electron chi connectivity index (χ0n) is 79.4. The molecule has 8 aliphatic heterocycles. The first-order valence-corrected chi connectivity index (χ1v) is 50.3. The summed E-state index contributed by atoms with van der Waals surface area (Å²) in [5.74, 6) is -2.38. The van der Waals surface area contributed by atoms with Crippen LogP contribution in [-0.4, -0.2) is 232 Å². The van der Waals surface area contributed by atoms with Crippen molar-refractivity contribution in [3.05, 3.63) is 60.8 Å². The summed E-state index contributed by atoms with van der Waals surface area (Å²) in [5, 5.41) is 9.60. The van der Waals surface area contributed by atoms with Crippen molar-refractivity contribution < 1.29 is 164 Å². The average molecular weight is 1990 g/mol. The van der Waals surface area contributed by atoms with Crippen molar-refractivity contribution in [2.24, 2.45) is 87.8 Å². The van der Waals surface area contributed by atoms with Crippen LogP contribution < -0.4 is 0 Å². The number of ether oxygens (including phenoxy) is 15. The molecule has 0 aromatic rings. The lowest BCUT2D eigenvalue weighted by molar-refractivity contribution is -0.221. The topological polar surface area (TPSA) is 467 Å². The second-order valence-corrected chi connectivity index (χ2v) is 46.3. The van der Waals surface area contributed by atoms with E-state index in [4.69, 9.17) is 79.4 Å². The number of carbonyl (C=O) groups is 13. The van der Waals surface area contributed by atoms with Crippen LogP contribution in [0.4, 0.5) is 0 Å². The Morgan fingerprint density at radius 1 is 0.435 bits per heavy atom. The summed E-state index contributed by atoms with van der Waals surface area (Å²) in [7, 11) is -7.05. The minimum atomic E-state index is -3.53. The van der Waals surface area contributed by atoms with Crippen LogP contribution in [-0.2, 0) is 162 Å². The van der Waals surface area contributed by atoms with Gasteiger partial charge in [0.1, 0.15) is 53.4 Å². The number of esters is 13. The molecule has 0 spiro atoms. The van der Waals surface area contributed by atoms with Crippen LogP contribution in [0.15, 0.2) is 60.8 Å². The SMILES string of the molecule is C.C.C.C.C=C(C)C(=O)OC1(C(C)C)C2CC3CC(C2)CC1C3.C=C(C)C(=O)OC1(C)CCCC1.C=C(C)C(=O)OC12CC3CC(CC(O)(C3)C1)C2.C=C(C)C(=O)OCC(=O)OC1C2CC3C(=O)OC1C3O2.C=C(C)C(=O)OCC(=O)OC1C2CC3C1OS(=O)(=O)C3C2.CCC(C)(C)C(=O)OCC(=O)OC1C2CC3C(=O)OC1C3O2.CCC(C)(C)C(=O)OCC(=O)OC1C2CC3C1OS(=O)(=O)C3C2. The Morgan fingerprint density at radius 3 is 1.12 bits per heavy atom. The van der Waals surface area contributed by atoms with Crippen LogP contribution in [0.25, 0.3) is 0 Å². The summed E-state index contributed by atoms with van der Waals surface area (Å²) in [6.07, 6.45) is 15.1. The van der Waals surface area contributed by atoms with Gasteiger partial charge in [0.15, 0.2) is 50.8 Å². The fourth-order valence-corrected chi connectivity index (χ4v) is 28.2. The summed E-state index contributed by atoms with van der Waals surface area (Å²) >= 11 is 0. The molecule has 1 N–H and O–H groups in total. The molecule has 21 rings (SSSR count). The van der Waals surface area contributed by atoms with Crippen molar-refractivity contribution in [2.75, 3.05) is 26.4 Å². The first kappa shape index (κ1) is 113. The standard InChI is InChI=1S/C17H26O2.C15H22O7S.C15H20O7.C14H20O3.C13H16O7S.C13H14O7.C10H16O2.4CH4/c1-10(2)16(18)19-17(11(3)4)14-6-12-5-13(8-14)9-15(17)7-12;1-4-15(2,3)14(17)20-7-11(16)21-12-8-5-9-10(6-8)23(18,19)22-13(9)12;1-4-15(2,3)14(18)19-6-9(16)21-11-8-5-7-10(20-8)12(11)22-13(7)17;1-9(2)12(15)17-14-6-10-3-11(7-14)5-13(16,4-10)8-14;1-6(2)13(15)18-5-10(14)19-11-7-3-8-9(4-7)21(16,17)20-12(8)11;1-5(2)12(15)17-4-8(14)19-10-7-3-6-9(18-7)11(10)20-13(6)16;1-8(2)9(11)12-10(3)6-4-5-7-10;;;;/h11-15H,1,5-9H2,2-4H3;8-10,12-13H,4-7H2,1-3H3;7-8,10-12H,4-6H2,1-3H3;10-11,16H,1,3-8H2,2H3;7-9,11-12H,1,3-5H2,2H3;6-7,9-11H,1,3-4H2,2H3;1,4-7H2,2-3H3;4*1H4. The molecule has 138 heavy (non-hydrogen) atoms. The molecule has 0 radical (unpaired) electrons. The molecule has 8 saturated heterocycles. The molecule has 13 aliphatic carbocycles. The van der Waals surface area contributed by atoms with Crippen LogP contribution in [0.3, 0.4) is 0 Å². The second kappa shape index (κ2) is 43.8. The zero-order valence-corrected chi connectivity index (χ0v) is 81.0. The summed E-state index contributed by atoms with van der Waals surface area (Å²) in [6.45, 7) is 41.1. The first-order valence-electron chi connectivity index (χ1n) is 47.3. The van der Waals surface area contributed by atoms with E-state index in [1.165, 1.54) is 65.2 Å². The highest BCUT2D eigenvalue weighted by Crippen LogP contribution is 2.64. The molecule has 13 saturated carbocycles. The fraction of sp³-hybridized carbons (Fsp3) is 0.772. The van der Waals surface area contributed by atoms with E-state index < -0.39 is 176 Å². The van der Waals surface area contributed by atoms with Gasteiger partial charge < -0.3 is 76.2 Å². The van der Waals surface area contributed by atoms with Crippen LogP contribution in [0.2, 0.25) is 0 Å². The van der Waals surface area contributed by atoms with Crippen molar-refractivity contribution in [3.8, 4) is 0 Å². The monoisotopic (exact) mass is 1990 g/mol. The molecule has 0 aromatic carbocycles. The molecule has 21 fully saturated rings. The molecule has 37 heteroatoms. The highest BCUT2D eigenvalue weighted by Gasteiger charge is 2.70. The molecule has 0 amide bonds. The summed E-state index contributed by atoms with van der Waals surface area (Å²) in [6, 6.07) is 0. The Balaban J connectivity index is 0.000000180. The maximum absolute atomic E-state index is 12.1. The average Bonchev–Trinajstić information content (AvgIpc) is 1.70. The van der Waals surface area contributed by atoms with Crippen molar-refractivity contribution in [3.63, 3.8) is 0 Å². The van der Waals surface area contributed by atoms with Crippen LogP contribution in [0, 0.1) is 87.8 Å². The molecular weight excluding hydrogens is 1840 g/mol. The Bertz CT molecular complexity index is 4850. The smallest absolute Gasteiger partial charge is 0.344 e. The minimum Gasteiger partial charge on any atom is -0.457 e. The van der Waals surface area contributed by atoms with Gasteiger partial charge in [-0.05, 0) is 252 Å². The van der Waals surface area contributed by atoms with Gasteiger partial charge in [0.25, 0.3) is 20.2 Å². The summed E-state index contributed by atoms with van der Waals surface area (Å²) < 4.78 is 137. The molecule has 16 bridgehead atoms.